The molecule has 2 aromatic carbocycles. The van der Waals surface area contributed by atoms with Gasteiger partial charge in [0.2, 0.25) is 0 Å². The second kappa shape index (κ2) is 5.51. The first-order chi connectivity index (χ1) is 11.2. The third kappa shape index (κ3) is 2.38. The van der Waals surface area contributed by atoms with Crippen LogP contribution < -0.4 is 0 Å². The Morgan fingerprint density at radius 3 is 2.57 bits per heavy atom. The lowest BCUT2D eigenvalue weighted by molar-refractivity contribution is 0.0697. The molecule has 0 amide bonds. The highest BCUT2D eigenvalue weighted by Crippen LogP contribution is 2.36. The number of aryl methyl sites for hydroxylation is 1. The van der Waals surface area contributed by atoms with Crippen molar-refractivity contribution in [2.45, 2.75) is 25.2 Å². The molecule has 0 spiro atoms. The molecule has 1 atom stereocenters. The third-order valence-corrected chi connectivity index (χ3v) is 4.74. The zero-order chi connectivity index (χ0) is 15.8. The van der Waals surface area contributed by atoms with Gasteiger partial charge in [0.25, 0.3) is 0 Å². The fraction of sp³-hybridized carbons (Fsp3) is 0.200. The number of para-hydroxylation sites is 1. The number of pyridine rings is 1. The van der Waals surface area contributed by atoms with Crippen molar-refractivity contribution < 1.29 is 9.90 Å². The quantitative estimate of drug-likeness (QED) is 0.771. The van der Waals surface area contributed by atoms with E-state index in [1.165, 1.54) is 5.56 Å². The van der Waals surface area contributed by atoms with Gasteiger partial charge in [-0.1, -0.05) is 48.5 Å². The van der Waals surface area contributed by atoms with Crippen LogP contribution in [-0.4, -0.2) is 16.1 Å². The summed E-state index contributed by atoms with van der Waals surface area (Å²) in [6.07, 6.45) is 2.60. The average Bonchev–Trinajstić information content (AvgIpc) is 2.59. The highest BCUT2D eigenvalue weighted by Gasteiger charge is 2.27. The maximum Gasteiger partial charge on any atom is 0.336 e. The van der Waals surface area contributed by atoms with Gasteiger partial charge in [-0.25, -0.2) is 4.79 Å². The minimum absolute atomic E-state index is 0.366. The molecule has 23 heavy (non-hydrogen) atoms. The monoisotopic (exact) mass is 303 g/mol. The van der Waals surface area contributed by atoms with E-state index in [0.29, 0.717) is 11.5 Å². The van der Waals surface area contributed by atoms with E-state index in [2.05, 4.69) is 12.1 Å². The summed E-state index contributed by atoms with van der Waals surface area (Å²) in [6.45, 7) is 0. The first-order valence-corrected chi connectivity index (χ1v) is 7.93. The number of carboxylic acids is 1. The van der Waals surface area contributed by atoms with Crippen LogP contribution in [0.25, 0.3) is 10.9 Å². The molecule has 1 unspecified atom stereocenters. The fourth-order valence-electron chi connectivity index (χ4n) is 3.64. The molecule has 0 saturated heterocycles. The van der Waals surface area contributed by atoms with Crippen molar-refractivity contribution in [3.63, 3.8) is 0 Å². The minimum Gasteiger partial charge on any atom is -0.478 e. The van der Waals surface area contributed by atoms with E-state index in [-0.39, 0.29) is 0 Å². The number of carboxylic acid groups (broad SMARTS) is 1. The second-order valence-corrected chi connectivity index (χ2v) is 6.08. The van der Waals surface area contributed by atoms with Gasteiger partial charge in [-0.15, -0.1) is 0 Å². The lowest BCUT2D eigenvalue weighted by atomic mass is 9.80. The van der Waals surface area contributed by atoms with E-state index < -0.39 is 5.97 Å². The summed E-state index contributed by atoms with van der Waals surface area (Å²) in [5.74, 6) is -0.488. The van der Waals surface area contributed by atoms with Gasteiger partial charge in [0.05, 0.1) is 11.1 Å². The van der Waals surface area contributed by atoms with Gasteiger partial charge in [0.1, 0.15) is 0 Å². The zero-order valence-electron chi connectivity index (χ0n) is 12.7. The summed E-state index contributed by atoms with van der Waals surface area (Å²) in [6, 6.07) is 17.9. The van der Waals surface area contributed by atoms with Crippen molar-refractivity contribution in [3.8, 4) is 0 Å². The van der Waals surface area contributed by atoms with Gasteiger partial charge in [-0.2, -0.15) is 0 Å². The first kappa shape index (κ1) is 13.9. The van der Waals surface area contributed by atoms with E-state index in [0.717, 1.165) is 41.4 Å². The molecule has 0 aliphatic heterocycles. The van der Waals surface area contributed by atoms with Crippen LogP contribution in [0.4, 0.5) is 0 Å². The molecule has 0 fully saturated rings. The number of hydrogen-bond donors (Lipinski definition) is 1. The van der Waals surface area contributed by atoms with Crippen LogP contribution in [0.5, 0.6) is 0 Å². The highest BCUT2D eigenvalue weighted by atomic mass is 16.4. The van der Waals surface area contributed by atoms with Crippen molar-refractivity contribution in [1.29, 1.82) is 0 Å². The van der Waals surface area contributed by atoms with E-state index in [9.17, 15) is 9.90 Å². The number of benzene rings is 2. The molecule has 0 radical (unpaired) electrons. The Hall–Kier alpha value is -2.68. The van der Waals surface area contributed by atoms with Gasteiger partial charge >= 0.3 is 5.97 Å². The van der Waals surface area contributed by atoms with Crippen molar-refractivity contribution in [2.24, 2.45) is 0 Å². The Morgan fingerprint density at radius 1 is 1.04 bits per heavy atom. The van der Waals surface area contributed by atoms with Crippen LogP contribution in [0.3, 0.4) is 0 Å². The van der Waals surface area contributed by atoms with Crippen molar-refractivity contribution in [3.05, 3.63) is 77.0 Å². The van der Waals surface area contributed by atoms with Gasteiger partial charge in [-0.05, 0) is 42.4 Å². The number of carbonyl (C=O) groups is 1. The molecule has 1 heterocycles. The second-order valence-electron chi connectivity index (χ2n) is 6.08. The lowest BCUT2D eigenvalue weighted by Gasteiger charge is -2.26. The molecule has 4 rings (SSSR count). The Morgan fingerprint density at radius 2 is 1.78 bits per heavy atom. The Kier molecular flexibility index (Phi) is 3.34. The molecule has 0 bridgehead atoms. The molecular formula is C20H17NO2. The predicted octanol–water partition coefficient (Wildman–Crippen LogP) is 4.21. The number of hydrogen-bond acceptors (Lipinski definition) is 2. The van der Waals surface area contributed by atoms with Gasteiger partial charge in [0.15, 0.2) is 0 Å². The molecule has 3 aromatic rings. The standard InChI is InChI=1S/C20H17NO2/c22-20(23)19-15-8-4-5-9-17(15)21-18-11-10-14(12-16(18)19)13-6-2-1-3-7-13/h1-9,14H,10-12H2,(H,22,23). The van der Waals surface area contributed by atoms with Crippen LogP contribution in [0.15, 0.2) is 54.6 Å². The number of aromatic carboxylic acids is 1. The molecule has 3 nitrogen and oxygen atoms in total. The van der Waals surface area contributed by atoms with Gasteiger partial charge in [0, 0.05) is 11.1 Å². The molecule has 114 valence electrons. The molecule has 1 N–H and O–H groups in total. The average molecular weight is 303 g/mol. The normalized spacial score (nSPS) is 17.0. The van der Waals surface area contributed by atoms with E-state index in [1.807, 2.05) is 42.5 Å². The maximum atomic E-state index is 11.9. The van der Waals surface area contributed by atoms with Crippen LogP contribution in [0.2, 0.25) is 0 Å². The summed E-state index contributed by atoms with van der Waals surface area (Å²) in [5, 5.41) is 10.5. The highest BCUT2D eigenvalue weighted by molar-refractivity contribution is 6.04. The van der Waals surface area contributed by atoms with E-state index in [1.54, 1.807) is 0 Å². The summed E-state index contributed by atoms with van der Waals surface area (Å²) >= 11 is 0. The molecule has 0 saturated carbocycles. The Bertz CT molecular complexity index is 887. The largest absolute Gasteiger partial charge is 0.478 e. The summed E-state index contributed by atoms with van der Waals surface area (Å²) in [4.78, 5) is 16.6. The van der Waals surface area contributed by atoms with E-state index in [4.69, 9.17) is 4.98 Å². The molecular weight excluding hydrogens is 286 g/mol. The van der Waals surface area contributed by atoms with Crippen LogP contribution in [0.1, 0.15) is 39.5 Å². The SMILES string of the molecule is O=C(O)c1c2c(nc3ccccc13)CCC(c1ccccc1)C2. The smallest absolute Gasteiger partial charge is 0.336 e. The number of rotatable bonds is 2. The number of fused-ring (bicyclic) bond motifs is 2. The zero-order valence-corrected chi connectivity index (χ0v) is 12.7. The molecule has 1 aliphatic carbocycles. The van der Waals surface area contributed by atoms with Crippen LogP contribution in [-0.2, 0) is 12.8 Å². The van der Waals surface area contributed by atoms with Gasteiger partial charge in [-0.3, -0.25) is 4.98 Å². The summed E-state index contributed by atoms with van der Waals surface area (Å²) < 4.78 is 0. The summed E-state index contributed by atoms with van der Waals surface area (Å²) in [5.41, 5.74) is 4.36. The third-order valence-electron chi connectivity index (χ3n) is 4.74. The molecule has 1 aromatic heterocycles. The lowest BCUT2D eigenvalue weighted by Crippen LogP contribution is -2.18. The van der Waals surface area contributed by atoms with Gasteiger partial charge < -0.3 is 5.11 Å². The van der Waals surface area contributed by atoms with Crippen molar-refractivity contribution in [2.75, 3.05) is 0 Å². The predicted molar refractivity (Wildman–Crippen MR) is 89.9 cm³/mol. The van der Waals surface area contributed by atoms with Crippen LogP contribution >= 0.6 is 0 Å². The van der Waals surface area contributed by atoms with E-state index >= 15 is 0 Å². The summed E-state index contributed by atoms with van der Waals surface area (Å²) in [7, 11) is 0. The molecule has 1 aliphatic rings. The number of nitrogens with zero attached hydrogens (tertiary/aromatic N) is 1. The Labute approximate surface area is 134 Å². The Balaban J connectivity index is 1.87. The topological polar surface area (TPSA) is 50.2 Å². The minimum atomic E-state index is -0.853. The van der Waals surface area contributed by atoms with Crippen molar-refractivity contribution in [1.82, 2.24) is 4.98 Å². The molecule has 3 heteroatoms. The van der Waals surface area contributed by atoms with Crippen molar-refractivity contribution >= 4 is 16.9 Å². The van der Waals surface area contributed by atoms with Crippen LogP contribution in [0, 0.1) is 0 Å². The first-order valence-electron chi connectivity index (χ1n) is 7.93. The number of aromatic nitrogens is 1. The maximum absolute atomic E-state index is 11.9. The fourth-order valence-corrected chi connectivity index (χ4v) is 3.64.